The summed E-state index contributed by atoms with van der Waals surface area (Å²) in [4.78, 5) is 3.91. The maximum Gasteiger partial charge on any atom is 0.0967 e. The Morgan fingerprint density at radius 2 is 2.33 bits per heavy atom. The van der Waals surface area contributed by atoms with Gasteiger partial charge >= 0.3 is 0 Å². The molecular weight excluding hydrogens is 112 g/mol. The van der Waals surface area contributed by atoms with Gasteiger partial charge in [0.1, 0.15) is 0 Å². The fourth-order valence-electron chi connectivity index (χ4n) is 0.362. The lowest BCUT2D eigenvalue weighted by Gasteiger charge is -1.94. The first-order valence-corrected chi connectivity index (χ1v) is 3.16. The Kier molecular flexibility index (Phi) is 4.88. The van der Waals surface area contributed by atoms with Gasteiger partial charge in [-0.2, -0.15) is 0 Å². The van der Waals surface area contributed by atoms with Crippen molar-refractivity contribution < 1.29 is 0 Å². The summed E-state index contributed by atoms with van der Waals surface area (Å²) in [6.45, 7) is 4.02. The molecule has 0 aromatic heterocycles. The van der Waals surface area contributed by atoms with Crippen LogP contribution in [-0.4, -0.2) is 12.9 Å². The van der Waals surface area contributed by atoms with E-state index in [0.717, 1.165) is 12.3 Å². The molecule has 0 aliphatic carbocycles. The smallest absolute Gasteiger partial charge is 0.0967 e. The van der Waals surface area contributed by atoms with Crippen molar-refractivity contribution in [3.63, 3.8) is 0 Å². The lowest BCUT2D eigenvalue weighted by Crippen LogP contribution is -2.11. The van der Waals surface area contributed by atoms with E-state index in [4.69, 9.17) is 0 Å². The number of amidine groups is 1. The summed E-state index contributed by atoms with van der Waals surface area (Å²) in [5, 5.41) is 3.00. The monoisotopic (exact) mass is 126 g/mol. The molecule has 0 aromatic rings. The predicted molar refractivity (Wildman–Crippen MR) is 41.6 cm³/mol. The summed E-state index contributed by atoms with van der Waals surface area (Å²) in [6, 6.07) is 0. The molecule has 2 nitrogen and oxygen atoms in total. The van der Waals surface area contributed by atoms with E-state index in [9.17, 15) is 0 Å². The molecule has 0 amide bonds. The summed E-state index contributed by atoms with van der Waals surface area (Å²) < 4.78 is 0. The van der Waals surface area contributed by atoms with Gasteiger partial charge in [0.25, 0.3) is 0 Å². The molecule has 0 unspecified atom stereocenters. The summed E-state index contributed by atoms with van der Waals surface area (Å²) in [7, 11) is 1.77. The van der Waals surface area contributed by atoms with E-state index in [1.165, 1.54) is 0 Å². The molecule has 0 saturated heterocycles. The van der Waals surface area contributed by atoms with Crippen molar-refractivity contribution >= 4 is 5.84 Å². The number of allylic oxidation sites excluding steroid dienone is 1. The lowest BCUT2D eigenvalue weighted by atomic mass is 10.5. The van der Waals surface area contributed by atoms with E-state index in [-0.39, 0.29) is 0 Å². The van der Waals surface area contributed by atoms with Gasteiger partial charge in [-0.25, -0.2) is 0 Å². The molecule has 0 spiro atoms. The Morgan fingerprint density at radius 1 is 1.67 bits per heavy atom. The molecule has 0 atom stereocenters. The first-order valence-electron chi connectivity index (χ1n) is 3.16. The van der Waals surface area contributed by atoms with E-state index in [0.29, 0.717) is 0 Å². The van der Waals surface area contributed by atoms with Gasteiger partial charge in [-0.15, -0.1) is 0 Å². The Morgan fingerprint density at radius 3 is 2.78 bits per heavy atom. The number of rotatable bonds is 2. The number of nitrogens with zero attached hydrogens (tertiary/aromatic N) is 1. The fourth-order valence-corrected chi connectivity index (χ4v) is 0.362. The van der Waals surface area contributed by atoms with E-state index in [1.807, 2.05) is 13.1 Å². The molecule has 1 N–H and O–H groups in total. The lowest BCUT2D eigenvalue weighted by molar-refractivity contribution is 1.15. The topological polar surface area (TPSA) is 24.4 Å². The van der Waals surface area contributed by atoms with Gasteiger partial charge < -0.3 is 5.32 Å². The highest BCUT2D eigenvalue weighted by Gasteiger charge is 1.76. The van der Waals surface area contributed by atoms with Gasteiger partial charge in [0, 0.05) is 7.05 Å². The van der Waals surface area contributed by atoms with Crippen LogP contribution in [0.1, 0.15) is 20.3 Å². The van der Waals surface area contributed by atoms with Crippen molar-refractivity contribution in [1.29, 1.82) is 0 Å². The minimum absolute atomic E-state index is 0.944. The van der Waals surface area contributed by atoms with E-state index in [2.05, 4.69) is 23.3 Å². The Bertz CT molecular complexity index is 114. The molecule has 0 rings (SSSR count). The maximum absolute atomic E-state index is 3.91. The van der Waals surface area contributed by atoms with Crippen LogP contribution in [0.15, 0.2) is 17.3 Å². The van der Waals surface area contributed by atoms with Crippen LogP contribution in [0.25, 0.3) is 0 Å². The fraction of sp³-hybridized carbons (Fsp3) is 0.571. The van der Waals surface area contributed by atoms with Crippen LogP contribution in [-0.2, 0) is 0 Å². The summed E-state index contributed by atoms with van der Waals surface area (Å²) in [6.07, 6.45) is 5.01. The van der Waals surface area contributed by atoms with Crippen LogP contribution in [0.5, 0.6) is 0 Å². The molecule has 0 bridgehead atoms. The first-order chi connectivity index (χ1) is 4.31. The largest absolute Gasteiger partial charge is 0.351 e. The van der Waals surface area contributed by atoms with Crippen molar-refractivity contribution in [3.05, 3.63) is 12.3 Å². The standard InChI is InChI=1S/C7H14N2/c1-4-5-6-9-7(2)8-3/h5-6H,4H2,1-3H3,(H,8,9)/b6-5-. The molecule has 2 heteroatoms. The SMILES string of the molecule is CC/C=C\NC(C)=NC. The summed E-state index contributed by atoms with van der Waals surface area (Å²) in [5.41, 5.74) is 0. The first kappa shape index (κ1) is 8.21. The van der Waals surface area contributed by atoms with Gasteiger partial charge in [0.15, 0.2) is 0 Å². The molecule has 0 saturated carbocycles. The zero-order valence-electron chi connectivity index (χ0n) is 6.31. The van der Waals surface area contributed by atoms with Crippen molar-refractivity contribution in [2.75, 3.05) is 7.05 Å². The highest BCUT2D eigenvalue weighted by atomic mass is 14.9. The number of aliphatic imine (C=N–C) groups is 1. The second-order valence-electron chi connectivity index (χ2n) is 1.76. The molecule has 0 heterocycles. The van der Waals surface area contributed by atoms with Gasteiger partial charge in [-0.3, -0.25) is 4.99 Å². The third kappa shape index (κ3) is 5.07. The second-order valence-corrected chi connectivity index (χ2v) is 1.76. The van der Waals surface area contributed by atoms with Crippen LogP contribution in [0.4, 0.5) is 0 Å². The average molecular weight is 126 g/mol. The number of nitrogens with one attached hydrogen (secondary N) is 1. The minimum atomic E-state index is 0.944. The van der Waals surface area contributed by atoms with Crippen molar-refractivity contribution in [2.24, 2.45) is 4.99 Å². The number of hydrogen-bond donors (Lipinski definition) is 1. The molecule has 0 radical (unpaired) electrons. The van der Waals surface area contributed by atoms with Crippen LogP contribution in [0.2, 0.25) is 0 Å². The third-order valence-electron chi connectivity index (χ3n) is 0.981. The van der Waals surface area contributed by atoms with Crippen molar-refractivity contribution in [3.8, 4) is 0 Å². The van der Waals surface area contributed by atoms with Gasteiger partial charge in [0.05, 0.1) is 5.84 Å². The van der Waals surface area contributed by atoms with Crippen LogP contribution < -0.4 is 5.32 Å². The highest BCUT2D eigenvalue weighted by molar-refractivity contribution is 5.80. The predicted octanol–water partition coefficient (Wildman–Crippen LogP) is 1.55. The van der Waals surface area contributed by atoms with E-state index < -0.39 is 0 Å². The van der Waals surface area contributed by atoms with Gasteiger partial charge in [-0.05, 0) is 19.5 Å². The third-order valence-corrected chi connectivity index (χ3v) is 0.981. The summed E-state index contributed by atoms with van der Waals surface area (Å²) >= 11 is 0. The summed E-state index contributed by atoms with van der Waals surface area (Å²) in [5.74, 6) is 0.944. The van der Waals surface area contributed by atoms with Crippen LogP contribution >= 0.6 is 0 Å². The van der Waals surface area contributed by atoms with Crippen LogP contribution in [0.3, 0.4) is 0 Å². The van der Waals surface area contributed by atoms with Crippen molar-refractivity contribution in [2.45, 2.75) is 20.3 Å². The second kappa shape index (κ2) is 5.35. The van der Waals surface area contributed by atoms with Crippen molar-refractivity contribution in [1.82, 2.24) is 5.32 Å². The zero-order valence-corrected chi connectivity index (χ0v) is 6.31. The normalized spacial score (nSPS) is 12.6. The quantitative estimate of drug-likeness (QED) is 0.440. The highest BCUT2D eigenvalue weighted by Crippen LogP contribution is 1.75. The molecule has 9 heavy (non-hydrogen) atoms. The van der Waals surface area contributed by atoms with E-state index in [1.54, 1.807) is 7.05 Å². The minimum Gasteiger partial charge on any atom is -0.351 e. The average Bonchev–Trinajstić information content (AvgIpc) is 1.89. The molecular formula is C7H14N2. The zero-order chi connectivity index (χ0) is 7.11. The molecule has 0 aromatic carbocycles. The molecule has 0 aliphatic rings. The Labute approximate surface area is 56.7 Å². The Hall–Kier alpha value is -0.790. The van der Waals surface area contributed by atoms with Gasteiger partial charge in [-0.1, -0.05) is 13.0 Å². The Balaban J connectivity index is 3.38. The van der Waals surface area contributed by atoms with Crippen LogP contribution in [0, 0.1) is 0 Å². The maximum atomic E-state index is 3.91. The van der Waals surface area contributed by atoms with Gasteiger partial charge in [0.2, 0.25) is 0 Å². The molecule has 0 aliphatic heterocycles. The molecule has 52 valence electrons. The van der Waals surface area contributed by atoms with E-state index >= 15 is 0 Å². The number of hydrogen-bond acceptors (Lipinski definition) is 1. The molecule has 0 fully saturated rings.